The zero-order chi connectivity index (χ0) is 13.5. The van der Waals surface area contributed by atoms with Gasteiger partial charge < -0.3 is 25.5 Å². The summed E-state index contributed by atoms with van der Waals surface area (Å²) in [7, 11) is 0. The Morgan fingerprint density at radius 1 is 1.39 bits per heavy atom. The van der Waals surface area contributed by atoms with Crippen LogP contribution in [0.2, 0.25) is 0 Å². The maximum atomic E-state index is 11.8. The maximum absolute atomic E-state index is 11.8. The van der Waals surface area contributed by atoms with Crippen LogP contribution < -0.4 is 5.32 Å². The lowest BCUT2D eigenvalue weighted by atomic mass is 9.99. The van der Waals surface area contributed by atoms with Crippen molar-refractivity contribution in [3.8, 4) is 0 Å². The van der Waals surface area contributed by atoms with Gasteiger partial charge in [-0.05, 0) is 18.8 Å². The Morgan fingerprint density at radius 2 is 2.11 bits per heavy atom. The second kappa shape index (κ2) is 7.17. The molecule has 1 heterocycles. The van der Waals surface area contributed by atoms with Crippen molar-refractivity contribution in [2.75, 3.05) is 26.3 Å². The minimum absolute atomic E-state index is 0.0155. The number of likely N-dealkylation sites (tertiary alicyclic amines) is 1. The summed E-state index contributed by atoms with van der Waals surface area (Å²) < 4.78 is 0. The summed E-state index contributed by atoms with van der Waals surface area (Å²) >= 11 is 0. The lowest BCUT2D eigenvalue weighted by Gasteiger charge is -2.32. The summed E-state index contributed by atoms with van der Waals surface area (Å²) in [6, 6.07) is -1.52. The lowest BCUT2D eigenvalue weighted by molar-refractivity contribution is -0.139. The molecule has 0 aliphatic carbocycles. The molecular formula is C11H20N2O5. The Kier molecular flexibility index (Phi) is 5.87. The smallest absolute Gasteiger partial charge is 0.326 e. The zero-order valence-electron chi connectivity index (χ0n) is 10.2. The van der Waals surface area contributed by atoms with Gasteiger partial charge in [0.05, 0.1) is 0 Å². The van der Waals surface area contributed by atoms with E-state index in [-0.39, 0.29) is 25.6 Å². The molecule has 1 fully saturated rings. The highest BCUT2D eigenvalue weighted by molar-refractivity contribution is 5.82. The quantitative estimate of drug-likeness (QED) is 0.519. The standard InChI is InChI=1S/C11H20N2O5/c14-5-3-9(10(16)17)12-11(18)13-4-1-2-8(6-13)7-15/h8-9,14-15H,1-7H2,(H,12,18)(H,16,17)/t8?,9-/m0/s1. The SMILES string of the molecule is O=C(O)[C@H](CCO)NC(=O)N1CCCC(CO)C1. The van der Waals surface area contributed by atoms with Gasteiger partial charge in [-0.25, -0.2) is 9.59 Å². The number of amides is 2. The molecule has 2 atom stereocenters. The van der Waals surface area contributed by atoms with Crippen LogP contribution in [-0.4, -0.2) is 64.6 Å². The third kappa shape index (κ3) is 4.15. The zero-order valence-corrected chi connectivity index (χ0v) is 10.2. The molecule has 4 N–H and O–H groups in total. The molecule has 0 aromatic heterocycles. The average molecular weight is 260 g/mol. The van der Waals surface area contributed by atoms with Crippen LogP contribution in [0.25, 0.3) is 0 Å². The second-order valence-electron chi connectivity index (χ2n) is 4.49. The van der Waals surface area contributed by atoms with Crippen LogP contribution in [0.1, 0.15) is 19.3 Å². The molecule has 0 radical (unpaired) electrons. The van der Waals surface area contributed by atoms with E-state index in [2.05, 4.69) is 5.32 Å². The Balaban J connectivity index is 2.50. The fourth-order valence-electron chi connectivity index (χ4n) is 2.03. The lowest BCUT2D eigenvalue weighted by Crippen LogP contribution is -2.51. The van der Waals surface area contributed by atoms with Gasteiger partial charge in [-0.2, -0.15) is 0 Å². The molecule has 1 rings (SSSR count). The molecule has 1 aliphatic heterocycles. The summed E-state index contributed by atoms with van der Waals surface area (Å²) in [5.41, 5.74) is 0. The van der Waals surface area contributed by atoms with Gasteiger partial charge in [0.15, 0.2) is 0 Å². The Hall–Kier alpha value is -1.34. The number of carbonyl (C=O) groups is 2. The third-order valence-corrected chi connectivity index (χ3v) is 3.08. The van der Waals surface area contributed by atoms with Crippen molar-refractivity contribution in [1.82, 2.24) is 10.2 Å². The summed E-state index contributed by atoms with van der Waals surface area (Å²) in [5, 5.41) is 29.0. The number of hydrogen-bond acceptors (Lipinski definition) is 4. The summed E-state index contributed by atoms with van der Waals surface area (Å²) in [6.45, 7) is 0.737. The number of hydrogen-bond donors (Lipinski definition) is 4. The molecule has 1 saturated heterocycles. The number of aliphatic hydroxyl groups excluding tert-OH is 2. The van der Waals surface area contributed by atoms with Crippen molar-refractivity contribution >= 4 is 12.0 Å². The summed E-state index contributed by atoms with van der Waals surface area (Å²) in [6.07, 6.45) is 1.66. The second-order valence-corrected chi connectivity index (χ2v) is 4.49. The van der Waals surface area contributed by atoms with Crippen molar-refractivity contribution < 1.29 is 24.9 Å². The number of aliphatic hydroxyl groups is 2. The van der Waals surface area contributed by atoms with E-state index in [0.29, 0.717) is 13.1 Å². The van der Waals surface area contributed by atoms with Crippen LogP contribution in [0, 0.1) is 5.92 Å². The molecule has 1 unspecified atom stereocenters. The molecule has 1 aliphatic rings. The monoisotopic (exact) mass is 260 g/mol. The predicted molar refractivity (Wildman–Crippen MR) is 63.0 cm³/mol. The van der Waals surface area contributed by atoms with Crippen LogP contribution in [0.3, 0.4) is 0 Å². The van der Waals surface area contributed by atoms with Crippen molar-refractivity contribution in [3.05, 3.63) is 0 Å². The van der Waals surface area contributed by atoms with E-state index in [4.69, 9.17) is 15.3 Å². The van der Waals surface area contributed by atoms with Gasteiger partial charge in [-0.1, -0.05) is 0 Å². The third-order valence-electron chi connectivity index (χ3n) is 3.08. The van der Waals surface area contributed by atoms with Crippen molar-refractivity contribution in [2.24, 2.45) is 5.92 Å². The molecular weight excluding hydrogens is 240 g/mol. The Bertz CT molecular complexity index is 297. The topological polar surface area (TPSA) is 110 Å². The average Bonchev–Trinajstić information content (AvgIpc) is 2.38. The number of carboxylic acid groups (broad SMARTS) is 1. The van der Waals surface area contributed by atoms with Gasteiger partial charge in [0, 0.05) is 32.7 Å². The summed E-state index contributed by atoms with van der Waals surface area (Å²) in [5.74, 6) is -1.10. The Morgan fingerprint density at radius 3 is 2.67 bits per heavy atom. The van der Waals surface area contributed by atoms with Crippen LogP contribution in [0.15, 0.2) is 0 Å². The molecule has 0 bridgehead atoms. The van der Waals surface area contributed by atoms with E-state index in [1.165, 1.54) is 4.90 Å². The minimum atomic E-state index is -1.16. The van der Waals surface area contributed by atoms with E-state index in [9.17, 15) is 9.59 Å². The molecule has 0 aromatic carbocycles. The highest BCUT2D eigenvalue weighted by atomic mass is 16.4. The highest BCUT2D eigenvalue weighted by Crippen LogP contribution is 2.15. The number of carboxylic acids is 1. The van der Waals surface area contributed by atoms with Crippen LogP contribution in [0.4, 0.5) is 4.79 Å². The summed E-state index contributed by atoms with van der Waals surface area (Å²) in [4.78, 5) is 24.2. The van der Waals surface area contributed by atoms with E-state index in [0.717, 1.165) is 12.8 Å². The maximum Gasteiger partial charge on any atom is 0.326 e. The first-order valence-corrected chi connectivity index (χ1v) is 6.08. The van der Waals surface area contributed by atoms with Crippen LogP contribution >= 0.6 is 0 Å². The molecule has 2 amide bonds. The van der Waals surface area contributed by atoms with Gasteiger partial charge in [-0.3, -0.25) is 0 Å². The molecule has 7 heteroatoms. The normalized spacial score (nSPS) is 21.4. The van der Waals surface area contributed by atoms with Gasteiger partial charge in [0.1, 0.15) is 6.04 Å². The molecule has 7 nitrogen and oxygen atoms in total. The van der Waals surface area contributed by atoms with Crippen molar-refractivity contribution in [1.29, 1.82) is 0 Å². The number of piperidine rings is 1. The number of nitrogens with zero attached hydrogens (tertiary/aromatic N) is 1. The number of rotatable bonds is 5. The van der Waals surface area contributed by atoms with E-state index in [1.807, 2.05) is 0 Å². The van der Waals surface area contributed by atoms with Gasteiger partial charge in [0.2, 0.25) is 0 Å². The van der Waals surface area contributed by atoms with Gasteiger partial charge >= 0.3 is 12.0 Å². The predicted octanol–water partition coefficient (Wildman–Crippen LogP) is -0.764. The van der Waals surface area contributed by atoms with E-state index in [1.54, 1.807) is 0 Å². The minimum Gasteiger partial charge on any atom is -0.480 e. The number of carbonyl (C=O) groups excluding carboxylic acids is 1. The fraction of sp³-hybridized carbons (Fsp3) is 0.818. The number of urea groups is 1. The molecule has 0 spiro atoms. The first-order chi connectivity index (χ1) is 8.58. The van der Waals surface area contributed by atoms with Gasteiger partial charge in [0.25, 0.3) is 0 Å². The molecule has 18 heavy (non-hydrogen) atoms. The van der Waals surface area contributed by atoms with Crippen molar-refractivity contribution in [3.63, 3.8) is 0 Å². The van der Waals surface area contributed by atoms with E-state index < -0.39 is 18.0 Å². The number of nitrogens with one attached hydrogen (secondary N) is 1. The largest absolute Gasteiger partial charge is 0.480 e. The molecule has 0 aromatic rings. The number of aliphatic carboxylic acids is 1. The first kappa shape index (κ1) is 14.7. The van der Waals surface area contributed by atoms with Gasteiger partial charge in [-0.15, -0.1) is 0 Å². The highest BCUT2D eigenvalue weighted by Gasteiger charge is 2.26. The van der Waals surface area contributed by atoms with Crippen LogP contribution in [-0.2, 0) is 4.79 Å². The van der Waals surface area contributed by atoms with E-state index >= 15 is 0 Å². The van der Waals surface area contributed by atoms with Crippen molar-refractivity contribution in [2.45, 2.75) is 25.3 Å². The Labute approximate surface area is 105 Å². The molecule has 0 saturated carbocycles. The molecule has 104 valence electrons. The first-order valence-electron chi connectivity index (χ1n) is 6.08. The van der Waals surface area contributed by atoms with Crippen LogP contribution in [0.5, 0.6) is 0 Å². The fourth-order valence-corrected chi connectivity index (χ4v) is 2.03.